The Kier molecular flexibility index (Phi) is 9.73. The van der Waals surface area contributed by atoms with E-state index in [-0.39, 0.29) is 0 Å². The third-order valence-corrected chi connectivity index (χ3v) is 0.940. The first kappa shape index (κ1) is 15.6. The fourth-order valence-corrected chi connectivity index (χ4v) is 0.534. The molecule has 2 heteroatoms. The smallest absolute Gasteiger partial charge is 0.0563 e. The van der Waals surface area contributed by atoms with Crippen molar-refractivity contribution >= 4 is 0 Å². The monoisotopic (exact) mass is 198 g/mol. The lowest BCUT2D eigenvalue weighted by Gasteiger charge is -2.04. The van der Waals surface area contributed by atoms with Gasteiger partial charge in [-0.3, -0.25) is 0 Å². The molecule has 2 nitrogen and oxygen atoms in total. The normalized spacial score (nSPS) is 9.07. The van der Waals surface area contributed by atoms with Gasteiger partial charge in [0.15, 0.2) is 0 Å². The average Bonchev–Trinajstić information content (AvgIpc) is 2.06. The fourth-order valence-electron chi connectivity index (χ4n) is 0.534. The first-order valence-electron chi connectivity index (χ1n) is 4.58. The number of hydrogen-bond acceptors (Lipinski definition) is 2. The average molecular weight is 198 g/mol. The molecule has 0 atom stereocenters. The third-order valence-electron chi connectivity index (χ3n) is 0.940. The maximum Gasteiger partial charge on any atom is 0.0563 e. The molecular weight excluding hydrogens is 176 g/mol. The van der Waals surface area contributed by atoms with E-state index in [0.29, 0.717) is 0 Å². The highest BCUT2D eigenvalue weighted by atomic mass is 16.3. The minimum Gasteiger partial charge on any atom is -0.400 e. The minimum atomic E-state index is -0.500. The van der Waals surface area contributed by atoms with Gasteiger partial charge < -0.3 is 10.2 Å². The topological polar surface area (TPSA) is 40.5 Å². The van der Waals surface area contributed by atoms with Gasteiger partial charge in [0.05, 0.1) is 5.60 Å². The summed E-state index contributed by atoms with van der Waals surface area (Å²) < 4.78 is 0. The number of aliphatic hydroxyl groups excluding tert-OH is 1. The molecule has 0 spiro atoms. The predicted octanol–water partition coefficient (Wildman–Crippen LogP) is 2.38. The highest BCUT2D eigenvalue weighted by Gasteiger charge is 1.97. The van der Waals surface area contributed by atoms with Gasteiger partial charge in [0, 0.05) is 7.11 Å². The number of rotatable bonds is 0. The van der Waals surface area contributed by atoms with Crippen molar-refractivity contribution < 1.29 is 10.2 Å². The van der Waals surface area contributed by atoms with E-state index in [2.05, 4.69) is 19.1 Å². The van der Waals surface area contributed by atoms with Crippen molar-refractivity contribution in [2.75, 3.05) is 7.11 Å². The molecule has 0 saturated carbocycles. The lowest BCUT2D eigenvalue weighted by molar-refractivity contribution is 0.102. The molecule has 0 saturated heterocycles. The summed E-state index contributed by atoms with van der Waals surface area (Å²) in [4.78, 5) is 0. The Labute approximate surface area is 87.2 Å². The summed E-state index contributed by atoms with van der Waals surface area (Å²) in [6.45, 7) is 7.31. The second-order valence-electron chi connectivity index (χ2n) is 3.83. The van der Waals surface area contributed by atoms with Crippen molar-refractivity contribution in [1.82, 2.24) is 0 Å². The van der Waals surface area contributed by atoms with Gasteiger partial charge in [-0.05, 0) is 27.7 Å². The lowest BCUT2D eigenvalue weighted by atomic mass is 10.2. The second-order valence-corrected chi connectivity index (χ2v) is 3.83. The van der Waals surface area contributed by atoms with E-state index in [0.717, 1.165) is 7.11 Å². The van der Waals surface area contributed by atoms with Crippen LogP contribution in [0.4, 0.5) is 0 Å². The summed E-state index contributed by atoms with van der Waals surface area (Å²) in [6, 6.07) is 10.3. The number of hydrogen-bond donors (Lipinski definition) is 2. The first-order valence-corrected chi connectivity index (χ1v) is 4.58. The summed E-state index contributed by atoms with van der Waals surface area (Å²) >= 11 is 0. The molecule has 82 valence electrons. The standard InChI is InChI=1S/C7H8.C4H10O.CH4O/c1-7-5-3-2-4-6-7;1-4(2,3)5;1-2/h2-6H,1H3;5H,1-3H3;2H,1H3. The predicted molar refractivity (Wildman–Crippen MR) is 61.3 cm³/mol. The van der Waals surface area contributed by atoms with E-state index < -0.39 is 5.60 Å². The van der Waals surface area contributed by atoms with Crippen LogP contribution >= 0.6 is 0 Å². The Hall–Kier alpha value is -0.860. The quantitative estimate of drug-likeness (QED) is 0.672. The largest absolute Gasteiger partial charge is 0.400 e. The summed E-state index contributed by atoms with van der Waals surface area (Å²) in [5.41, 5.74) is 0.822. The molecule has 1 aromatic carbocycles. The zero-order valence-corrected chi connectivity index (χ0v) is 9.78. The Balaban J connectivity index is 0. The van der Waals surface area contributed by atoms with Crippen LogP contribution in [0.2, 0.25) is 0 Å². The molecule has 1 rings (SSSR count). The van der Waals surface area contributed by atoms with Gasteiger partial charge >= 0.3 is 0 Å². The zero-order valence-electron chi connectivity index (χ0n) is 9.78. The van der Waals surface area contributed by atoms with Gasteiger partial charge in [0.2, 0.25) is 0 Å². The van der Waals surface area contributed by atoms with E-state index in [1.807, 2.05) is 18.2 Å². The van der Waals surface area contributed by atoms with Gasteiger partial charge in [0.25, 0.3) is 0 Å². The maximum absolute atomic E-state index is 8.52. The van der Waals surface area contributed by atoms with Gasteiger partial charge in [-0.2, -0.15) is 0 Å². The van der Waals surface area contributed by atoms with E-state index in [1.54, 1.807) is 20.8 Å². The summed E-state index contributed by atoms with van der Waals surface area (Å²) in [6.07, 6.45) is 0. The third kappa shape index (κ3) is 22.5. The highest BCUT2D eigenvalue weighted by molar-refractivity contribution is 5.11. The van der Waals surface area contributed by atoms with Crippen molar-refractivity contribution in [2.45, 2.75) is 33.3 Å². The molecule has 0 aliphatic carbocycles. The molecule has 0 amide bonds. The fraction of sp³-hybridized carbons (Fsp3) is 0.500. The number of aliphatic hydroxyl groups is 2. The Bertz CT molecular complexity index is 193. The molecule has 0 fully saturated rings. The lowest BCUT2D eigenvalue weighted by Crippen LogP contribution is -2.10. The van der Waals surface area contributed by atoms with Gasteiger partial charge in [-0.15, -0.1) is 0 Å². The number of aryl methyl sites for hydroxylation is 1. The SMILES string of the molecule is CC(C)(C)O.CO.Cc1ccccc1. The van der Waals surface area contributed by atoms with Crippen LogP contribution in [0.15, 0.2) is 30.3 Å². The van der Waals surface area contributed by atoms with Crippen molar-refractivity contribution in [1.29, 1.82) is 0 Å². The van der Waals surface area contributed by atoms with Gasteiger partial charge in [-0.25, -0.2) is 0 Å². The molecule has 0 aromatic heterocycles. The van der Waals surface area contributed by atoms with Gasteiger partial charge in [0.1, 0.15) is 0 Å². The zero-order chi connectivity index (χ0) is 11.6. The van der Waals surface area contributed by atoms with Crippen LogP contribution in [-0.4, -0.2) is 22.9 Å². The van der Waals surface area contributed by atoms with Crippen LogP contribution in [0.1, 0.15) is 26.3 Å². The van der Waals surface area contributed by atoms with Crippen molar-refractivity contribution in [3.8, 4) is 0 Å². The van der Waals surface area contributed by atoms with E-state index >= 15 is 0 Å². The molecule has 2 N–H and O–H groups in total. The van der Waals surface area contributed by atoms with E-state index in [1.165, 1.54) is 5.56 Å². The maximum atomic E-state index is 8.52. The Morgan fingerprint density at radius 1 is 0.929 bits per heavy atom. The molecule has 14 heavy (non-hydrogen) atoms. The second kappa shape index (κ2) is 8.73. The van der Waals surface area contributed by atoms with Crippen LogP contribution in [0.5, 0.6) is 0 Å². The van der Waals surface area contributed by atoms with Crippen molar-refractivity contribution in [2.24, 2.45) is 0 Å². The number of benzene rings is 1. The highest BCUT2D eigenvalue weighted by Crippen LogP contribution is 1.93. The Morgan fingerprint density at radius 3 is 1.36 bits per heavy atom. The molecular formula is C12H22O2. The van der Waals surface area contributed by atoms with E-state index in [9.17, 15) is 0 Å². The Morgan fingerprint density at radius 2 is 1.21 bits per heavy atom. The molecule has 0 aliphatic heterocycles. The molecule has 0 heterocycles. The minimum absolute atomic E-state index is 0.500. The van der Waals surface area contributed by atoms with Crippen LogP contribution in [0.25, 0.3) is 0 Å². The molecule has 0 radical (unpaired) electrons. The molecule has 1 aromatic rings. The van der Waals surface area contributed by atoms with Crippen LogP contribution in [0, 0.1) is 6.92 Å². The summed E-state index contributed by atoms with van der Waals surface area (Å²) in [5.74, 6) is 0. The van der Waals surface area contributed by atoms with Crippen LogP contribution in [0.3, 0.4) is 0 Å². The molecule has 0 aliphatic rings. The van der Waals surface area contributed by atoms with Crippen LogP contribution in [-0.2, 0) is 0 Å². The molecule has 0 bridgehead atoms. The summed E-state index contributed by atoms with van der Waals surface area (Å²) in [5, 5.41) is 15.5. The van der Waals surface area contributed by atoms with Crippen molar-refractivity contribution in [3.63, 3.8) is 0 Å². The van der Waals surface area contributed by atoms with Gasteiger partial charge in [-0.1, -0.05) is 35.9 Å². The first-order chi connectivity index (χ1) is 6.39. The van der Waals surface area contributed by atoms with E-state index in [4.69, 9.17) is 10.2 Å². The molecule has 0 unspecified atom stereocenters. The summed E-state index contributed by atoms with van der Waals surface area (Å²) in [7, 11) is 1.00. The van der Waals surface area contributed by atoms with Crippen molar-refractivity contribution in [3.05, 3.63) is 35.9 Å². The van der Waals surface area contributed by atoms with Crippen LogP contribution < -0.4 is 0 Å².